The van der Waals surface area contributed by atoms with Gasteiger partial charge in [-0.25, -0.2) is 4.79 Å². The van der Waals surface area contributed by atoms with Gasteiger partial charge in [-0.3, -0.25) is 14.6 Å². The zero-order chi connectivity index (χ0) is 16.0. The van der Waals surface area contributed by atoms with E-state index in [1.165, 1.54) is 24.5 Å². The number of aliphatic carboxylic acids is 2. The van der Waals surface area contributed by atoms with Gasteiger partial charge in [-0.05, 0) is 18.1 Å². The van der Waals surface area contributed by atoms with Crippen molar-refractivity contribution in [3.05, 3.63) is 30.1 Å². The van der Waals surface area contributed by atoms with Gasteiger partial charge in [-0.2, -0.15) is 0 Å². The second-order valence-corrected chi connectivity index (χ2v) is 4.91. The topological polar surface area (TPSA) is 108 Å². The number of pyridine rings is 1. The summed E-state index contributed by atoms with van der Waals surface area (Å²) < 4.78 is 0. The average molecular weight is 294 g/mol. The predicted octanol–water partition coefficient (Wildman–Crippen LogP) is 1.11. The Kier molecular flexibility index (Phi) is 5.83. The van der Waals surface area contributed by atoms with Gasteiger partial charge >= 0.3 is 11.9 Å². The lowest BCUT2D eigenvalue weighted by molar-refractivity contribution is -0.145. The number of aromatic nitrogens is 1. The standard InChI is InChI=1S/C14H18N2O5/c1-9(2)12(14(20)21)16(8-5-11(17)18)13(19)10-3-6-15-7-4-10/h3-4,6-7,9,12H,5,8H2,1-2H3,(H,17,18)(H,20,21). The van der Waals surface area contributed by atoms with Crippen molar-refractivity contribution in [2.24, 2.45) is 5.92 Å². The van der Waals surface area contributed by atoms with E-state index in [2.05, 4.69) is 4.98 Å². The third-order valence-corrected chi connectivity index (χ3v) is 2.97. The molecule has 1 amide bonds. The molecular formula is C14H18N2O5. The number of carbonyl (C=O) groups is 3. The molecule has 1 heterocycles. The number of nitrogens with zero attached hydrogens (tertiary/aromatic N) is 2. The van der Waals surface area contributed by atoms with Crippen molar-refractivity contribution in [3.8, 4) is 0 Å². The highest BCUT2D eigenvalue weighted by molar-refractivity contribution is 5.96. The maximum absolute atomic E-state index is 12.4. The van der Waals surface area contributed by atoms with Gasteiger partial charge in [-0.1, -0.05) is 13.8 Å². The fraction of sp³-hybridized carbons (Fsp3) is 0.429. The normalized spacial score (nSPS) is 12.0. The van der Waals surface area contributed by atoms with Crippen molar-refractivity contribution in [2.45, 2.75) is 26.3 Å². The Morgan fingerprint density at radius 1 is 1.19 bits per heavy atom. The molecule has 1 rings (SSSR count). The van der Waals surface area contributed by atoms with E-state index in [0.29, 0.717) is 0 Å². The highest BCUT2D eigenvalue weighted by Crippen LogP contribution is 2.16. The van der Waals surface area contributed by atoms with Crippen molar-refractivity contribution >= 4 is 17.8 Å². The minimum Gasteiger partial charge on any atom is -0.481 e. The van der Waals surface area contributed by atoms with Gasteiger partial charge in [0.1, 0.15) is 6.04 Å². The molecule has 7 nitrogen and oxygen atoms in total. The highest BCUT2D eigenvalue weighted by atomic mass is 16.4. The van der Waals surface area contributed by atoms with Gasteiger partial charge in [0.25, 0.3) is 5.91 Å². The van der Waals surface area contributed by atoms with Gasteiger partial charge in [-0.15, -0.1) is 0 Å². The number of hydrogen-bond donors (Lipinski definition) is 2. The average Bonchev–Trinajstić information content (AvgIpc) is 2.42. The quantitative estimate of drug-likeness (QED) is 0.780. The second-order valence-electron chi connectivity index (χ2n) is 4.91. The van der Waals surface area contributed by atoms with E-state index >= 15 is 0 Å². The maximum atomic E-state index is 12.4. The van der Waals surface area contributed by atoms with Crippen LogP contribution in [0.3, 0.4) is 0 Å². The van der Waals surface area contributed by atoms with Crippen molar-refractivity contribution in [3.63, 3.8) is 0 Å². The first-order chi connectivity index (χ1) is 9.84. The molecular weight excluding hydrogens is 276 g/mol. The monoisotopic (exact) mass is 294 g/mol. The van der Waals surface area contributed by atoms with Gasteiger partial charge in [0.15, 0.2) is 0 Å². The van der Waals surface area contributed by atoms with E-state index in [4.69, 9.17) is 5.11 Å². The van der Waals surface area contributed by atoms with E-state index in [-0.39, 0.29) is 24.4 Å². The van der Waals surface area contributed by atoms with E-state index in [0.717, 1.165) is 4.90 Å². The molecule has 2 N–H and O–H groups in total. The third-order valence-electron chi connectivity index (χ3n) is 2.97. The first-order valence-corrected chi connectivity index (χ1v) is 6.50. The summed E-state index contributed by atoms with van der Waals surface area (Å²) in [5.74, 6) is -3.10. The minimum absolute atomic E-state index is 0.161. The third kappa shape index (κ3) is 4.55. The molecule has 1 unspecified atom stereocenters. The molecule has 0 bridgehead atoms. The summed E-state index contributed by atoms with van der Waals surface area (Å²) in [6.45, 7) is 3.18. The number of rotatable bonds is 7. The number of carbonyl (C=O) groups excluding carboxylic acids is 1. The molecule has 0 radical (unpaired) electrons. The van der Waals surface area contributed by atoms with Crippen LogP contribution in [0, 0.1) is 5.92 Å². The van der Waals surface area contributed by atoms with Crippen LogP contribution in [-0.4, -0.2) is 50.5 Å². The predicted molar refractivity (Wildman–Crippen MR) is 73.8 cm³/mol. The summed E-state index contributed by atoms with van der Waals surface area (Å²) in [6.07, 6.45) is 2.54. The van der Waals surface area contributed by atoms with Gasteiger partial charge < -0.3 is 15.1 Å². The molecule has 21 heavy (non-hydrogen) atoms. The van der Waals surface area contributed by atoms with Crippen molar-refractivity contribution in [1.82, 2.24) is 9.88 Å². The molecule has 0 saturated carbocycles. The molecule has 0 fully saturated rings. The van der Waals surface area contributed by atoms with Crippen LogP contribution in [-0.2, 0) is 9.59 Å². The first-order valence-electron chi connectivity index (χ1n) is 6.50. The molecule has 1 aromatic rings. The Bertz CT molecular complexity index is 515. The van der Waals surface area contributed by atoms with E-state index < -0.39 is 23.9 Å². The van der Waals surface area contributed by atoms with Crippen LogP contribution in [0.2, 0.25) is 0 Å². The lowest BCUT2D eigenvalue weighted by Gasteiger charge is -2.31. The van der Waals surface area contributed by atoms with Crippen LogP contribution < -0.4 is 0 Å². The lowest BCUT2D eigenvalue weighted by atomic mass is 10.0. The van der Waals surface area contributed by atoms with E-state index in [9.17, 15) is 19.5 Å². The molecule has 7 heteroatoms. The summed E-state index contributed by atoms with van der Waals surface area (Å²) in [5.41, 5.74) is 0.280. The smallest absolute Gasteiger partial charge is 0.326 e. The van der Waals surface area contributed by atoms with Crippen LogP contribution in [0.25, 0.3) is 0 Å². The molecule has 0 saturated heterocycles. The molecule has 0 aliphatic carbocycles. The van der Waals surface area contributed by atoms with Gasteiger partial charge in [0.2, 0.25) is 0 Å². The summed E-state index contributed by atoms with van der Waals surface area (Å²) in [5, 5.41) is 18.1. The van der Waals surface area contributed by atoms with Gasteiger partial charge in [0, 0.05) is 24.5 Å². The fourth-order valence-electron chi connectivity index (χ4n) is 2.02. The van der Waals surface area contributed by atoms with E-state index in [1.54, 1.807) is 13.8 Å². The largest absolute Gasteiger partial charge is 0.481 e. The molecule has 0 aliphatic rings. The molecule has 1 aromatic heterocycles. The second kappa shape index (κ2) is 7.37. The maximum Gasteiger partial charge on any atom is 0.326 e. The summed E-state index contributed by atoms with van der Waals surface area (Å²) >= 11 is 0. The Morgan fingerprint density at radius 2 is 1.76 bits per heavy atom. The highest BCUT2D eigenvalue weighted by Gasteiger charge is 2.33. The van der Waals surface area contributed by atoms with Crippen molar-refractivity contribution in [2.75, 3.05) is 6.54 Å². The lowest BCUT2D eigenvalue weighted by Crippen LogP contribution is -2.49. The Morgan fingerprint density at radius 3 is 2.19 bits per heavy atom. The number of carboxylic acid groups (broad SMARTS) is 2. The Hall–Kier alpha value is -2.44. The number of hydrogen-bond acceptors (Lipinski definition) is 4. The fourth-order valence-corrected chi connectivity index (χ4v) is 2.02. The van der Waals surface area contributed by atoms with Crippen LogP contribution in [0.4, 0.5) is 0 Å². The minimum atomic E-state index is -1.15. The zero-order valence-electron chi connectivity index (χ0n) is 11.9. The summed E-state index contributed by atoms with van der Waals surface area (Å²) in [4.78, 5) is 39.5. The van der Waals surface area contributed by atoms with E-state index in [1.807, 2.05) is 0 Å². The molecule has 1 atom stereocenters. The van der Waals surface area contributed by atoms with Crippen LogP contribution in [0.15, 0.2) is 24.5 Å². The Balaban J connectivity index is 3.08. The number of carboxylic acids is 2. The molecule has 114 valence electrons. The molecule has 0 aromatic carbocycles. The molecule has 0 spiro atoms. The van der Waals surface area contributed by atoms with Crippen LogP contribution >= 0.6 is 0 Å². The van der Waals surface area contributed by atoms with Crippen molar-refractivity contribution in [1.29, 1.82) is 0 Å². The molecule has 0 aliphatic heterocycles. The zero-order valence-corrected chi connectivity index (χ0v) is 11.9. The SMILES string of the molecule is CC(C)C(C(=O)O)N(CCC(=O)O)C(=O)c1ccncc1. The van der Waals surface area contributed by atoms with Crippen molar-refractivity contribution < 1.29 is 24.6 Å². The number of amides is 1. The van der Waals surface area contributed by atoms with Gasteiger partial charge in [0.05, 0.1) is 6.42 Å². The van der Waals surface area contributed by atoms with Crippen LogP contribution in [0.5, 0.6) is 0 Å². The Labute approximate surface area is 122 Å². The summed E-state index contributed by atoms with van der Waals surface area (Å²) in [6, 6.07) is 1.86. The first kappa shape index (κ1) is 16.6. The van der Waals surface area contributed by atoms with Crippen LogP contribution in [0.1, 0.15) is 30.6 Å². The summed E-state index contributed by atoms with van der Waals surface area (Å²) in [7, 11) is 0.